The number of nitrogens with one attached hydrogen (secondary N) is 1. The van der Waals surface area contributed by atoms with E-state index in [0.29, 0.717) is 0 Å². The summed E-state index contributed by atoms with van der Waals surface area (Å²) in [5.41, 5.74) is -1.30. The number of H-pyrrole nitrogens is 1. The first-order chi connectivity index (χ1) is 8.04. The number of rotatable bonds is 2. The van der Waals surface area contributed by atoms with Crippen molar-refractivity contribution < 1.29 is 14.6 Å². The van der Waals surface area contributed by atoms with Crippen LogP contribution in [0.25, 0.3) is 0 Å². The third-order valence-electron chi connectivity index (χ3n) is 2.60. The lowest BCUT2D eigenvalue weighted by Gasteiger charge is -2.15. The molecule has 17 heavy (non-hydrogen) atoms. The topological polar surface area (TPSA) is 95.3 Å². The van der Waals surface area contributed by atoms with Crippen molar-refractivity contribution in [2.75, 3.05) is 6.61 Å². The lowest BCUT2D eigenvalue weighted by molar-refractivity contribution is 0.0631. The van der Waals surface area contributed by atoms with Crippen molar-refractivity contribution in [3.8, 4) is 0 Å². The standard InChI is InChI=1S/C9H11FN2O4S/c10-6-7(15)4(3-13)17-8(6)12-2-1-5(14)11-9(12)16/h1-2,4,6-8,13,15H,3H2,(H,11,14,16)/t4-,6?,7?,8+/m0/s1. The Morgan fingerprint density at radius 2 is 2.24 bits per heavy atom. The van der Waals surface area contributed by atoms with E-state index in [2.05, 4.69) is 0 Å². The molecule has 1 aromatic rings. The first-order valence-electron chi connectivity index (χ1n) is 4.94. The van der Waals surface area contributed by atoms with Crippen molar-refractivity contribution in [1.82, 2.24) is 9.55 Å². The van der Waals surface area contributed by atoms with Crippen molar-refractivity contribution in [2.24, 2.45) is 0 Å². The van der Waals surface area contributed by atoms with Crippen LogP contribution in [0.1, 0.15) is 5.37 Å². The third-order valence-corrected chi connectivity index (χ3v) is 4.14. The molecule has 0 aromatic carbocycles. The van der Waals surface area contributed by atoms with E-state index < -0.39 is 34.1 Å². The van der Waals surface area contributed by atoms with Crippen LogP contribution in [0.2, 0.25) is 0 Å². The van der Waals surface area contributed by atoms with Crippen LogP contribution >= 0.6 is 11.8 Å². The summed E-state index contributed by atoms with van der Waals surface area (Å²) >= 11 is 0.966. The fourth-order valence-electron chi connectivity index (χ4n) is 1.71. The van der Waals surface area contributed by atoms with Gasteiger partial charge in [-0.1, -0.05) is 0 Å². The minimum atomic E-state index is -1.67. The fourth-order valence-corrected chi connectivity index (χ4v) is 3.07. The Balaban J connectivity index is 2.35. The van der Waals surface area contributed by atoms with Gasteiger partial charge in [0.25, 0.3) is 5.56 Å². The van der Waals surface area contributed by atoms with Crippen molar-refractivity contribution in [2.45, 2.75) is 22.9 Å². The monoisotopic (exact) mass is 262 g/mol. The van der Waals surface area contributed by atoms with Gasteiger partial charge in [0.15, 0.2) is 6.17 Å². The fraction of sp³-hybridized carbons (Fsp3) is 0.556. The van der Waals surface area contributed by atoms with Gasteiger partial charge in [-0.15, -0.1) is 11.8 Å². The summed E-state index contributed by atoms with van der Waals surface area (Å²) < 4.78 is 14.8. The SMILES string of the molecule is O=c1ccn([C@@H]2S[C@@H](CO)C(O)C2F)c(=O)[nH]1. The number of aromatic nitrogens is 2. The smallest absolute Gasteiger partial charge is 0.329 e. The molecule has 6 nitrogen and oxygen atoms in total. The predicted octanol–water partition coefficient (Wildman–Crippen LogP) is -1.16. The Morgan fingerprint density at radius 3 is 2.76 bits per heavy atom. The van der Waals surface area contributed by atoms with Gasteiger partial charge in [0.1, 0.15) is 11.5 Å². The molecule has 1 aromatic heterocycles. The summed E-state index contributed by atoms with van der Waals surface area (Å²) in [6.07, 6.45) is -1.81. The molecule has 0 radical (unpaired) electrons. The Labute approximate surface area is 99.1 Å². The Hall–Kier alpha value is -1.12. The van der Waals surface area contributed by atoms with E-state index in [1.807, 2.05) is 4.98 Å². The molecule has 2 unspecified atom stereocenters. The average Bonchev–Trinajstić information content (AvgIpc) is 2.57. The van der Waals surface area contributed by atoms with E-state index >= 15 is 0 Å². The van der Waals surface area contributed by atoms with Crippen molar-refractivity contribution >= 4 is 11.8 Å². The summed E-state index contributed by atoms with van der Waals surface area (Å²) in [6, 6.07) is 1.10. The lowest BCUT2D eigenvalue weighted by Crippen LogP contribution is -2.35. The van der Waals surface area contributed by atoms with E-state index in [4.69, 9.17) is 5.11 Å². The quantitative estimate of drug-likeness (QED) is 0.625. The van der Waals surface area contributed by atoms with Crippen molar-refractivity contribution in [3.63, 3.8) is 0 Å². The van der Waals surface area contributed by atoms with Gasteiger partial charge < -0.3 is 10.2 Å². The molecule has 0 saturated carbocycles. The summed E-state index contributed by atoms with van der Waals surface area (Å²) in [5, 5.41) is 16.8. The number of thioether (sulfide) groups is 1. The van der Waals surface area contributed by atoms with Gasteiger partial charge >= 0.3 is 5.69 Å². The zero-order valence-corrected chi connectivity index (χ0v) is 9.43. The van der Waals surface area contributed by atoms with Gasteiger partial charge in [-0.05, 0) is 0 Å². The molecule has 1 fully saturated rings. The number of aliphatic hydroxyl groups is 2. The van der Waals surface area contributed by atoms with Crippen LogP contribution in [0.15, 0.2) is 21.9 Å². The predicted molar refractivity (Wildman–Crippen MR) is 59.7 cm³/mol. The minimum Gasteiger partial charge on any atom is -0.395 e. The van der Waals surface area contributed by atoms with Gasteiger partial charge in [-0.25, -0.2) is 9.18 Å². The summed E-state index contributed by atoms with van der Waals surface area (Å²) in [7, 11) is 0. The molecule has 2 rings (SSSR count). The molecule has 8 heteroatoms. The molecule has 0 spiro atoms. The van der Waals surface area contributed by atoms with E-state index in [-0.39, 0.29) is 6.61 Å². The molecule has 1 aliphatic heterocycles. The Morgan fingerprint density at radius 1 is 1.53 bits per heavy atom. The van der Waals surface area contributed by atoms with Gasteiger partial charge in [0.2, 0.25) is 0 Å². The second-order valence-corrected chi connectivity index (χ2v) is 5.06. The number of nitrogens with zero attached hydrogens (tertiary/aromatic N) is 1. The van der Waals surface area contributed by atoms with Crippen LogP contribution in [-0.4, -0.2) is 43.9 Å². The second kappa shape index (κ2) is 4.63. The van der Waals surface area contributed by atoms with Crippen LogP contribution in [-0.2, 0) is 0 Å². The van der Waals surface area contributed by atoms with Crippen LogP contribution < -0.4 is 11.2 Å². The number of aromatic amines is 1. The Bertz CT molecular complexity index is 516. The zero-order valence-electron chi connectivity index (χ0n) is 8.62. The largest absolute Gasteiger partial charge is 0.395 e. The third kappa shape index (κ3) is 2.15. The van der Waals surface area contributed by atoms with Crippen LogP contribution in [0.4, 0.5) is 4.39 Å². The highest BCUT2D eigenvalue weighted by molar-refractivity contribution is 8.00. The lowest BCUT2D eigenvalue weighted by atomic mass is 10.1. The summed E-state index contributed by atoms with van der Waals surface area (Å²) in [6.45, 7) is -0.374. The summed E-state index contributed by atoms with van der Waals surface area (Å²) in [5.74, 6) is 0. The average molecular weight is 262 g/mol. The molecular formula is C9H11FN2O4S. The van der Waals surface area contributed by atoms with E-state index in [0.717, 1.165) is 22.4 Å². The number of alkyl halides is 1. The maximum absolute atomic E-state index is 13.8. The highest BCUT2D eigenvalue weighted by atomic mass is 32.2. The van der Waals surface area contributed by atoms with E-state index in [1.54, 1.807) is 0 Å². The van der Waals surface area contributed by atoms with Crippen LogP contribution in [0, 0.1) is 0 Å². The number of halogens is 1. The van der Waals surface area contributed by atoms with E-state index in [9.17, 15) is 19.1 Å². The first kappa shape index (κ1) is 12.3. The molecule has 0 amide bonds. The van der Waals surface area contributed by atoms with E-state index in [1.165, 1.54) is 6.20 Å². The van der Waals surface area contributed by atoms with Gasteiger partial charge in [-0.2, -0.15) is 0 Å². The van der Waals surface area contributed by atoms with Crippen molar-refractivity contribution in [1.29, 1.82) is 0 Å². The first-order valence-corrected chi connectivity index (χ1v) is 5.89. The molecule has 0 bridgehead atoms. The van der Waals surface area contributed by atoms with Crippen LogP contribution in [0.3, 0.4) is 0 Å². The highest BCUT2D eigenvalue weighted by Gasteiger charge is 2.44. The van der Waals surface area contributed by atoms with Gasteiger partial charge in [0.05, 0.1) is 11.9 Å². The highest BCUT2D eigenvalue weighted by Crippen LogP contribution is 2.42. The molecule has 2 heterocycles. The van der Waals surface area contributed by atoms with Crippen LogP contribution in [0.5, 0.6) is 0 Å². The minimum absolute atomic E-state index is 0.374. The second-order valence-electron chi connectivity index (χ2n) is 3.70. The number of aliphatic hydroxyl groups excluding tert-OH is 2. The maximum Gasteiger partial charge on any atom is 0.329 e. The molecule has 1 aliphatic rings. The molecule has 0 aliphatic carbocycles. The van der Waals surface area contributed by atoms with Crippen molar-refractivity contribution in [3.05, 3.63) is 33.1 Å². The zero-order chi connectivity index (χ0) is 12.6. The summed E-state index contributed by atoms with van der Waals surface area (Å²) in [4.78, 5) is 24.3. The molecule has 1 saturated heterocycles. The Kier molecular flexibility index (Phi) is 3.36. The molecule has 4 atom stereocenters. The molecular weight excluding hydrogens is 251 g/mol. The van der Waals surface area contributed by atoms with Gasteiger partial charge in [-0.3, -0.25) is 14.3 Å². The maximum atomic E-state index is 13.8. The molecule has 94 valence electrons. The van der Waals surface area contributed by atoms with Gasteiger partial charge in [0, 0.05) is 12.3 Å². The number of hydrogen-bond donors (Lipinski definition) is 3. The number of hydrogen-bond acceptors (Lipinski definition) is 5. The normalized spacial score (nSPS) is 32.9. The molecule has 3 N–H and O–H groups in total.